The van der Waals surface area contributed by atoms with E-state index in [0.717, 1.165) is 5.13 Å². The first-order valence-electron chi connectivity index (χ1n) is 7.24. The van der Waals surface area contributed by atoms with Gasteiger partial charge in [0.05, 0.1) is 10.2 Å². The zero-order valence-electron chi connectivity index (χ0n) is 13.4. The number of nitrogens with two attached hydrogens (primary N) is 1. The van der Waals surface area contributed by atoms with Crippen LogP contribution < -0.4 is 15.5 Å². The lowest BCUT2D eigenvalue weighted by Crippen LogP contribution is -2.25. The molecular formula is C15H19F3N4OS. The summed E-state index contributed by atoms with van der Waals surface area (Å²) >= 11 is 1.31. The van der Waals surface area contributed by atoms with E-state index >= 15 is 0 Å². The maximum Gasteiger partial charge on any atom is 0.573 e. The maximum absolute atomic E-state index is 12.5. The molecule has 24 heavy (non-hydrogen) atoms. The summed E-state index contributed by atoms with van der Waals surface area (Å²) in [5, 5.41) is 2.10. The number of halogens is 3. The van der Waals surface area contributed by atoms with Crippen molar-refractivity contribution in [2.24, 2.45) is 5.84 Å². The number of aromatic nitrogens is 1. The first-order chi connectivity index (χ1) is 11.2. The summed E-state index contributed by atoms with van der Waals surface area (Å²) in [6, 6.07) is 2.68. The fraction of sp³-hybridized carbons (Fsp3) is 0.400. The zero-order valence-corrected chi connectivity index (χ0v) is 14.2. The van der Waals surface area contributed by atoms with Crippen molar-refractivity contribution in [1.82, 2.24) is 9.99 Å². The van der Waals surface area contributed by atoms with Crippen LogP contribution in [0.25, 0.3) is 10.2 Å². The van der Waals surface area contributed by atoms with Crippen LogP contribution in [0.5, 0.6) is 5.75 Å². The van der Waals surface area contributed by atoms with E-state index in [1.807, 2.05) is 11.8 Å². The highest BCUT2D eigenvalue weighted by molar-refractivity contribution is 7.22. The van der Waals surface area contributed by atoms with Gasteiger partial charge in [0, 0.05) is 32.7 Å². The Balaban J connectivity index is 2.52. The monoisotopic (exact) mass is 360 g/mol. The maximum atomic E-state index is 12.5. The minimum absolute atomic E-state index is 0.252. The van der Waals surface area contributed by atoms with Crippen molar-refractivity contribution in [2.75, 3.05) is 25.0 Å². The average molecular weight is 360 g/mol. The fourth-order valence-electron chi connectivity index (χ4n) is 2.27. The highest BCUT2D eigenvalue weighted by Crippen LogP contribution is 2.36. The largest absolute Gasteiger partial charge is 0.573 e. The zero-order chi connectivity index (χ0) is 17.9. The second kappa shape index (κ2) is 7.37. The van der Waals surface area contributed by atoms with Gasteiger partial charge in [-0.1, -0.05) is 17.4 Å². The molecule has 5 nitrogen and oxygen atoms in total. The van der Waals surface area contributed by atoms with Crippen molar-refractivity contribution in [3.63, 3.8) is 0 Å². The van der Waals surface area contributed by atoms with Crippen LogP contribution in [0.2, 0.25) is 0 Å². The molecule has 0 aliphatic carbocycles. The van der Waals surface area contributed by atoms with E-state index in [9.17, 15) is 13.2 Å². The molecule has 9 heteroatoms. The number of hydrazine groups is 1. The summed E-state index contributed by atoms with van der Waals surface area (Å²) in [5.41, 5.74) is 1.21. The molecule has 132 valence electrons. The normalized spacial score (nSPS) is 12.0. The van der Waals surface area contributed by atoms with Crippen LogP contribution in [-0.2, 0) is 6.54 Å². The number of ether oxygens (including phenoxy) is 1. The number of likely N-dealkylation sites (N-methyl/N-ethyl adjacent to an activating group) is 1. The van der Waals surface area contributed by atoms with Crippen molar-refractivity contribution in [3.8, 4) is 5.75 Å². The van der Waals surface area contributed by atoms with E-state index in [1.165, 1.54) is 28.5 Å². The fourth-order valence-corrected chi connectivity index (χ4v) is 3.39. The van der Waals surface area contributed by atoms with E-state index in [1.54, 1.807) is 13.1 Å². The highest BCUT2D eigenvalue weighted by atomic mass is 32.1. The molecule has 1 aromatic carbocycles. The molecule has 0 fully saturated rings. The van der Waals surface area contributed by atoms with Gasteiger partial charge in [0.2, 0.25) is 0 Å². The first-order valence-corrected chi connectivity index (χ1v) is 8.06. The standard InChI is InChI=1S/C15H19F3N4OS/c1-4-6-22(5-2)14-20-13-10(9-21(3)19)7-11(8-12(13)24-14)23-15(16,17)18/h4,7-8H,1,5-6,9,19H2,2-3H3. The third-order valence-corrected chi connectivity index (χ3v) is 4.25. The lowest BCUT2D eigenvalue weighted by Gasteiger charge is -2.16. The van der Waals surface area contributed by atoms with Gasteiger partial charge in [-0.15, -0.1) is 19.8 Å². The van der Waals surface area contributed by atoms with E-state index in [0.29, 0.717) is 28.9 Å². The lowest BCUT2D eigenvalue weighted by atomic mass is 10.2. The summed E-state index contributed by atoms with van der Waals surface area (Å²) < 4.78 is 42.3. The summed E-state index contributed by atoms with van der Waals surface area (Å²) in [6.07, 6.45) is -2.99. The predicted octanol–water partition coefficient (Wildman–Crippen LogP) is 3.51. The summed E-state index contributed by atoms with van der Waals surface area (Å²) in [7, 11) is 1.63. The quantitative estimate of drug-likeness (QED) is 0.465. The number of hydrogen-bond acceptors (Lipinski definition) is 6. The van der Waals surface area contributed by atoms with Crippen LogP contribution in [0, 0.1) is 0 Å². The van der Waals surface area contributed by atoms with Gasteiger partial charge in [-0.05, 0) is 18.6 Å². The number of benzene rings is 1. The van der Waals surface area contributed by atoms with Gasteiger partial charge in [-0.2, -0.15) is 0 Å². The van der Waals surface area contributed by atoms with E-state index in [4.69, 9.17) is 5.84 Å². The number of rotatable bonds is 7. The second-order valence-electron chi connectivity index (χ2n) is 5.22. The molecule has 0 aliphatic heterocycles. The number of anilines is 1. The van der Waals surface area contributed by atoms with Crippen molar-refractivity contribution >= 4 is 26.7 Å². The minimum Gasteiger partial charge on any atom is -0.406 e. The Morgan fingerprint density at radius 3 is 2.67 bits per heavy atom. The average Bonchev–Trinajstić information content (AvgIpc) is 2.86. The van der Waals surface area contributed by atoms with Gasteiger partial charge in [-0.3, -0.25) is 5.84 Å². The number of thiazole rings is 1. The third-order valence-electron chi connectivity index (χ3n) is 3.19. The Labute approximate surface area is 142 Å². The molecular weight excluding hydrogens is 341 g/mol. The molecule has 1 heterocycles. The Kier molecular flexibility index (Phi) is 5.68. The molecule has 2 rings (SSSR count). The van der Waals surface area contributed by atoms with Gasteiger partial charge in [0.25, 0.3) is 0 Å². The van der Waals surface area contributed by atoms with E-state index in [2.05, 4.69) is 16.3 Å². The third kappa shape index (κ3) is 4.59. The number of alkyl halides is 3. The first kappa shape index (κ1) is 18.5. The second-order valence-corrected chi connectivity index (χ2v) is 6.22. The van der Waals surface area contributed by atoms with Crippen LogP contribution in [0.1, 0.15) is 12.5 Å². The molecule has 0 radical (unpaired) electrons. The predicted molar refractivity (Wildman–Crippen MR) is 90.0 cm³/mol. The summed E-state index contributed by atoms with van der Waals surface area (Å²) in [4.78, 5) is 6.55. The molecule has 1 aromatic heterocycles. The Bertz CT molecular complexity index is 715. The topological polar surface area (TPSA) is 54.6 Å². The molecule has 0 atom stereocenters. The number of hydrogen-bond donors (Lipinski definition) is 1. The van der Waals surface area contributed by atoms with E-state index < -0.39 is 6.36 Å². The van der Waals surface area contributed by atoms with Crippen LogP contribution in [0.4, 0.5) is 18.3 Å². The lowest BCUT2D eigenvalue weighted by molar-refractivity contribution is -0.274. The Morgan fingerprint density at radius 2 is 2.12 bits per heavy atom. The molecule has 0 saturated carbocycles. The van der Waals surface area contributed by atoms with Crippen LogP contribution in [0.15, 0.2) is 24.8 Å². The van der Waals surface area contributed by atoms with E-state index in [-0.39, 0.29) is 12.3 Å². The van der Waals surface area contributed by atoms with Gasteiger partial charge in [0.15, 0.2) is 5.13 Å². The molecule has 0 unspecified atom stereocenters. The summed E-state index contributed by atoms with van der Waals surface area (Å²) in [6.45, 7) is 7.25. The molecule has 0 bridgehead atoms. The molecule has 0 amide bonds. The Hall–Kier alpha value is -1.84. The number of nitrogens with zero attached hydrogens (tertiary/aromatic N) is 3. The highest BCUT2D eigenvalue weighted by Gasteiger charge is 2.31. The Morgan fingerprint density at radius 1 is 1.42 bits per heavy atom. The van der Waals surface area contributed by atoms with Gasteiger partial charge >= 0.3 is 6.36 Å². The molecule has 2 N–H and O–H groups in total. The van der Waals surface area contributed by atoms with Crippen LogP contribution in [-0.4, -0.2) is 36.5 Å². The minimum atomic E-state index is -4.74. The SMILES string of the molecule is C=CCN(CC)c1nc2c(CN(C)N)cc(OC(F)(F)F)cc2s1. The van der Waals surface area contributed by atoms with Crippen LogP contribution >= 0.6 is 11.3 Å². The van der Waals surface area contributed by atoms with Gasteiger partial charge in [0.1, 0.15) is 5.75 Å². The van der Waals surface area contributed by atoms with Crippen LogP contribution in [0.3, 0.4) is 0 Å². The van der Waals surface area contributed by atoms with Gasteiger partial charge < -0.3 is 9.64 Å². The smallest absolute Gasteiger partial charge is 0.406 e. The van der Waals surface area contributed by atoms with Gasteiger partial charge in [-0.25, -0.2) is 9.99 Å². The summed E-state index contributed by atoms with van der Waals surface area (Å²) in [5.74, 6) is 5.39. The molecule has 0 saturated heterocycles. The molecule has 0 spiro atoms. The number of fused-ring (bicyclic) bond motifs is 1. The molecule has 2 aromatic rings. The van der Waals surface area contributed by atoms with Crippen molar-refractivity contribution in [2.45, 2.75) is 19.8 Å². The molecule has 0 aliphatic rings. The van der Waals surface area contributed by atoms with Crippen molar-refractivity contribution in [1.29, 1.82) is 0 Å². The van der Waals surface area contributed by atoms with Crippen molar-refractivity contribution < 1.29 is 17.9 Å². The van der Waals surface area contributed by atoms with Crippen molar-refractivity contribution in [3.05, 3.63) is 30.4 Å².